The average Bonchev–Trinajstić information content (AvgIpc) is 2.87. The molecule has 2 unspecified atom stereocenters. The molecule has 1 aromatic carbocycles. The summed E-state index contributed by atoms with van der Waals surface area (Å²) in [6.07, 6.45) is 0.644. The van der Waals surface area contributed by atoms with Crippen LogP contribution in [0.4, 0.5) is 4.79 Å². The Labute approximate surface area is 147 Å². The van der Waals surface area contributed by atoms with Gasteiger partial charge >= 0.3 is 12.0 Å². The van der Waals surface area contributed by atoms with E-state index in [1.807, 2.05) is 19.9 Å². The fourth-order valence-electron chi connectivity index (χ4n) is 3.25. The SMILES string of the molecule is CCC(C(=O)OC)N1C(=O)NC(CC)(c2ccc(OC)c(C)c2)C1=O. The number of hydrogen-bond acceptors (Lipinski definition) is 5. The lowest BCUT2D eigenvalue weighted by Gasteiger charge is -2.28. The lowest BCUT2D eigenvalue weighted by Crippen LogP contribution is -2.47. The zero-order valence-corrected chi connectivity index (χ0v) is 15.2. The second-order valence-corrected chi connectivity index (χ2v) is 6.00. The van der Waals surface area contributed by atoms with Gasteiger partial charge in [-0.1, -0.05) is 19.9 Å². The van der Waals surface area contributed by atoms with E-state index in [0.29, 0.717) is 17.7 Å². The standard InChI is InChI=1S/C18H24N2O5/c1-6-13(15(21)25-5)20-16(22)18(7-2,19-17(20)23)12-8-9-14(24-4)11(3)10-12/h8-10,13H,6-7H2,1-5H3,(H,19,23). The number of nitrogens with zero attached hydrogens (tertiary/aromatic N) is 1. The molecular formula is C18H24N2O5. The Balaban J connectivity index is 2.49. The van der Waals surface area contributed by atoms with Crippen LogP contribution in [-0.2, 0) is 19.9 Å². The maximum Gasteiger partial charge on any atom is 0.329 e. The first-order chi connectivity index (χ1) is 11.9. The van der Waals surface area contributed by atoms with Crippen LogP contribution in [0.25, 0.3) is 0 Å². The van der Waals surface area contributed by atoms with Gasteiger partial charge in [-0.05, 0) is 43.0 Å². The second-order valence-electron chi connectivity index (χ2n) is 6.00. The first-order valence-electron chi connectivity index (χ1n) is 8.25. The van der Waals surface area contributed by atoms with Crippen molar-refractivity contribution < 1.29 is 23.9 Å². The van der Waals surface area contributed by atoms with E-state index in [1.165, 1.54) is 7.11 Å². The molecule has 25 heavy (non-hydrogen) atoms. The largest absolute Gasteiger partial charge is 0.496 e. The highest BCUT2D eigenvalue weighted by atomic mass is 16.5. The van der Waals surface area contributed by atoms with Crippen molar-refractivity contribution >= 4 is 17.9 Å². The van der Waals surface area contributed by atoms with Crippen LogP contribution < -0.4 is 10.1 Å². The fraction of sp³-hybridized carbons (Fsp3) is 0.500. The molecule has 1 aliphatic rings. The number of carbonyl (C=O) groups excluding carboxylic acids is 3. The molecule has 7 nitrogen and oxygen atoms in total. The van der Waals surface area contributed by atoms with Crippen LogP contribution in [0.1, 0.15) is 37.8 Å². The summed E-state index contributed by atoms with van der Waals surface area (Å²) in [4.78, 5) is 38.6. The van der Waals surface area contributed by atoms with E-state index >= 15 is 0 Å². The number of aryl methyl sites for hydroxylation is 1. The number of hydrogen-bond donors (Lipinski definition) is 1. The van der Waals surface area contributed by atoms with Crippen molar-refractivity contribution in [1.82, 2.24) is 10.2 Å². The molecule has 0 spiro atoms. The van der Waals surface area contributed by atoms with Gasteiger partial charge in [0.1, 0.15) is 17.3 Å². The van der Waals surface area contributed by atoms with Crippen molar-refractivity contribution in [2.75, 3.05) is 14.2 Å². The normalized spacial score (nSPS) is 21.1. The Kier molecular flexibility index (Phi) is 5.35. The molecule has 0 saturated carbocycles. The van der Waals surface area contributed by atoms with Crippen molar-refractivity contribution in [2.45, 2.75) is 45.2 Å². The molecule has 0 bridgehead atoms. The van der Waals surface area contributed by atoms with Crippen molar-refractivity contribution in [3.05, 3.63) is 29.3 Å². The lowest BCUT2D eigenvalue weighted by atomic mass is 9.86. The van der Waals surface area contributed by atoms with E-state index in [-0.39, 0.29) is 6.42 Å². The summed E-state index contributed by atoms with van der Waals surface area (Å²) in [6.45, 7) is 5.42. The Morgan fingerprint density at radius 3 is 2.44 bits per heavy atom. The number of imide groups is 1. The van der Waals surface area contributed by atoms with Gasteiger partial charge < -0.3 is 14.8 Å². The predicted molar refractivity (Wildman–Crippen MR) is 91.2 cm³/mol. The first kappa shape index (κ1) is 18.8. The van der Waals surface area contributed by atoms with E-state index in [1.54, 1.807) is 26.2 Å². The smallest absolute Gasteiger partial charge is 0.329 e. The highest BCUT2D eigenvalue weighted by Crippen LogP contribution is 2.36. The summed E-state index contributed by atoms with van der Waals surface area (Å²) in [5, 5.41) is 2.78. The van der Waals surface area contributed by atoms with Gasteiger partial charge in [-0.2, -0.15) is 0 Å². The van der Waals surface area contributed by atoms with Gasteiger partial charge in [-0.3, -0.25) is 4.79 Å². The van der Waals surface area contributed by atoms with Gasteiger partial charge in [0, 0.05) is 0 Å². The highest BCUT2D eigenvalue weighted by molar-refractivity contribution is 6.09. The third-order valence-electron chi connectivity index (χ3n) is 4.71. The number of methoxy groups -OCH3 is 2. The minimum absolute atomic E-state index is 0.285. The Morgan fingerprint density at radius 2 is 1.96 bits per heavy atom. The molecule has 1 saturated heterocycles. The first-order valence-corrected chi connectivity index (χ1v) is 8.25. The van der Waals surface area contributed by atoms with Gasteiger partial charge in [0.05, 0.1) is 14.2 Å². The molecule has 1 N–H and O–H groups in total. The van der Waals surface area contributed by atoms with Crippen molar-refractivity contribution in [3.63, 3.8) is 0 Å². The number of rotatable bonds is 6. The maximum atomic E-state index is 13.2. The Morgan fingerprint density at radius 1 is 1.28 bits per heavy atom. The minimum Gasteiger partial charge on any atom is -0.496 e. The zero-order valence-electron chi connectivity index (χ0n) is 15.2. The van der Waals surface area contributed by atoms with Gasteiger partial charge in [-0.25, -0.2) is 14.5 Å². The molecule has 1 heterocycles. The molecular weight excluding hydrogens is 324 g/mol. The number of ether oxygens (including phenoxy) is 2. The van der Waals surface area contributed by atoms with E-state index < -0.39 is 29.5 Å². The van der Waals surface area contributed by atoms with Crippen LogP contribution in [0.5, 0.6) is 5.75 Å². The summed E-state index contributed by atoms with van der Waals surface area (Å²) in [5.74, 6) is -0.352. The van der Waals surface area contributed by atoms with Crippen LogP contribution >= 0.6 is 0 Å². The molecule has 2 atom stereocenters. The van der Waals surface area contributed by atoms with Crippen molar-refractivity contribution in [1.29, 1.82) is 0 Å². The average molecular weight is 348 g/mol. The molecule has 3 amide bonds. The molecule has 0 radical (unpaired) electrons. The van der Waals surface area contributed by atoms with E-state index in [4.69, 9.17) is 9.47 Å². The Hall–Kier alpha value is -2.57. The number of carbonyl (C=O) groups is 3. The number of nitrogens with one attached hydrogen (secondary N) is 1. The maximum absolute atomic E-state index is 13.2. The number of amides is 3. The van der Waals surface area contributed by atoms with E-state index in [9.17, 15) is 14.4 Å². The molecule has 1 aliphatic heterocycles. The number of urea groups is 1. The topological polar surface area (TPSA) is 84.9 Å². The Bertz CT molecular complexity index is 703. The highest BCUT2D eigenvalue weighted by Gasteiger charge is 2.54. The van der Waals surface area contributed by atoms with Crippen LogP contribution in [-0.4, -0.2) is 43.1 Å². The van der Waals surface area contributed by atoms with Crippen LogP contribution in [0.2, 0.25) is 0 Å². The lowest BCUT2D eigenvalue weighted by molar-refractivity contribution is -0.150. The van der Waals surface area contributed by atoms with Gasteiger partial charge in [-0.15, -0.1) is 0 Å². The van der Waals surface area contributed by atoms with Crippen molar-refractivity contribution in [3.8, 4) is 5.75 Å². The molecule has 1 fully saturated rings. The summed E-state index contributed by atoms with van der Waals surface area (Å²) < 4.78 is 10.00. The third kappa shape index (κ3) is 2.94. The zero-order chi connectivity index (χ0) is 18.8. The summed E-state index contributed by atoms with van der Waals surface area (Å²) in [5.41, 5.74) is 0.317. The summed E-state index contributed by atoms with van der Waals surface area (Å²) in [7, 11) is 2.81. The van der Waals surface area contributed by atoms with Crippen LogP contribution in [0.15, 0.2) is 18.2 Å². The van der Waals surface area contributed by atoms with Crippen molar-refractivity contribution in [2.24, 2.45) is 0 Å². The fourth-order valence-corrected chi connectivity index (χ4v) is 3.25. The molecule has 1 aromatic rings. The molecule has 0 aliphatic carbocycles. The van der Waals surface area contributed by atoms with Crippen LogP contribution in [0.3, 0.4) is 0 Å². The molecule has 0 aromatic heterocycles. The van der Waals surface area contributed by atoms with Gasteiger partial charge in [0.15, 0.2) is 0 Å². The predicted octanol–water partition coefficient (Wildman–Crippen LogP) is 2.11. The quantitative estimate of drug-likeness (QED) is 0.629. The van der Waals surface area contributed by atoms with Gasteiger partial charge in [0.25, 0.3) is 5.91 Å². The van der Waals surface area contributed by atoms with Gasteiger partial charge in [0.2, 0.25) is 0 Å². The second kappa shape index (κ2) is 7.13. The third-order valence-corrected chi connectivity index (χ3v) is 4.71. The van der Waals surface area contributed by atoms with E-state index in [0.717, 1.165) is 10.5 Å². The molecule has 2 rings (SSSR count). The number of benzene rings is 1. The summed E-state index contributed by atoms with van der Waals surface area (Å²) in [6, 6.07) is 3.82. The molecule has 7 heteroatoms. The number of esters is 1. The monoisotopic (exact) mass is 348 g/mol. The minimum atomic E-state index is -1.20. The van der Waals surface area contributed by atoms with E-state index in [2.05, 4.69) is 5.32 Å². The van der Waals surface area contributed by atoms with Crippen LogP contribution in [0, 0.1) is 6.92 Å². The molecule has 136 valence electrons. The summed E-state index contributed by atoms with van der Waals surface area (Å²) >= 11 is 0.